The van der Waals surface area contributed by atoms with Crippen molar-refractivity contribution in [2.24, 2.45) is 0 Å². The van der Waals surface area contributed by atoms with Crippen molar-refractivity contribution >= 4 is 0 Å². The summed E-state index contributed by atoms with van der Waals surface area (Å²) in [5.74, 6) is -1.10. The molecule has 118 valence electrons. The quantitative estimate of drug-likeness (QED) is 0.904. The van der Waals surface area contributed by atoms with Crippen LogP contribution in [0.5, 0.6) is 0 Å². The van der Waals surface area contributed by atoms with Crippen LogP contribution in [0.1, 0.15) is 32.4 Å². The largest absolute Gasteiger partial charge is 0.374 e. The second kappa shape index (κ2) is 7.29. The smallest absolute Gasteiger partial charge is 0.126 e. The van der Waals surface area contributed by atoms with Gasteiger partial charge in [0.05, 0.1) is 18.8 Å². The average Bonchev–Trinajstić information content (AvgIpc) is 2.43. The van der Waals surface area contributed by atoms with Crippen LogP contribution in [0.3, 0.4) is 0 Å². The number of ether oxygens (including phenoxy) is 1. The lowest BCUT2D eigenvalue weighted by molar-refractivity contribution is -0.0559. The zero-order chi connectivity index (χ0) is 15.4. The van der Waals surface area contributed by atoms with Gasteiger partial charge in [0.1, 0.15) is 11.6 Å². The highest BCUT2D eigenvalue weighted by Gasteiger charge is 2.30. The molecule has 2 unspecified atom stereocenters. The van der Waals surface area contributed by atoms with E-state index in [1.165, 1.54) is 12.1 Å². The molecule has 1 aliphatic rings. The van der Waals surface area contributed by atoms with E-state index in [1.807, 2.05) is 6.92 Å². The van der Waals surface area contributed by atoms with Gasteiger partial charge in [0, 0.05) is 25.2 Å². The van der Waals surface area contributed by atoms with Gasteiger partial charge in [-0.25, -0.2) is 8.78 Å². The normalized spacial score (nSPS) is 21.7. The first-order chi connectivity index (χ1) is 10.0. The van der Waals surface area contributed by atoms with Crippen LogP contribution in [-0.4, -0.2) is 43.3 Å². The van der Waals surface area contributed by atoms with E-state index in [0.717, 1.165) is 19.2 Å². The van der Waals surface area contributed by atoms with Crippen molar-refractivity contribution in [1.29, 1.82) is 0 Å². The topological polar surface area (TPSA) is 24.5 Å². The summed E-state index contributed by atoms with van der Waals surface area (Å²) < 4.78 is 32.8. The minimum absolute atomic E-state index is 0.109. The summed E-state index contributed by atoms with van der Waals surface area (Å²) in [5, 5.41) is 3.30. The number of hydrogen-bond donors (Lipinski definition) is 1. The second-order valence-electron chi connectivity index (χ2n) is 5.74. The Morgan fingerprint density at radius 1 is 1.29 bits per heavy atom. The van der Waals surface area contributed by atoms with Crippen molar-refractivity contribution in [3.63, 3.8) is 0 Å². The van der Waals surface area contributed by atoms with E-state index in [4.69, 9.17) is 4.74 Å². The predicted octanol–water partition coefficient (Wildman–Crippen LogP) is 2.72. The molecular weight excluding hydrogens is 274 g/mol. The first-order valence-electron chi connectivity index (χ1n) is 7.56. The molecule has 0 aromatic heterocycles. The van der Waals surface area contributed by atoms with Gasteiger partial charge in [-0.15, -0.1) is 0 Å². The minimum atomic E-state index is -0.551. The van der Waals surface area contributed by atoms with E-state index >= 15 is 0 Å². The maximum atomic E-state index is 13.5. The number of hydrogen-bond acceptors (Lipinski definition) is 3. The zero-order valence-electron chi connectivity index (χ0n) is 12.9. The molecule has 0 spiro atoms. The molecule has 1 fully saturated rings. The average molecular weight is 298 g/mol. The molecule has 2 atom stereocenters. The fourth-order valence-electron chi connectivity index (χ4n) is 2.81. The van der Waals surface area contributed by atoms with Crippen LogP contribution in [0.15, 0.2) is 18.2 Å². The number of morpholine rings is 1. The lowest BCUT2D eigenvalue weighted by Gasteiger charge is -2.39. The van der Waals surface area contributed by atoms with Crippen molar-refractivity contribution < 1.29 is 13.5 Å². The van der Waals surface area contributed by atoms with E-state index in [2.05, 4.69) is 24.1 Å². The molecule has 1 aliphatic heterocycles. The van der Waals surface area contributed by atoms with Gasteiger partial charge in [-0.1, -0.05) is 6.92 Å². The molecule has 1 N–H and O–H groups in total. The van der Waals surface area contributed by atoms with Crippen LogP contribution in [-0.2, 0) is 4.74 Å². The number of likely N-dealkylation sites (N-methyl/N-ethyl adjacent to an activating group) is 1. The van der Waals surface area contributed by atoms with Gasteiger partial charge in [-0.2, -0.15) is 0 Å². The lowest BCUT2D eigenvalue weighted by atomic mass is 9.99. The van der Waals surface area contributed by atoms with Gasteiger partial charge < -0.3 is 10.1 Å². The third-order valence-corrected chi connectivity index (χ3v) is 3.90. The molecule has 0 radical (unpaired) electrons. The van der Waals surface area contributed by atoms with E-state index in [9.17, 15) is 8.78 Å². The van der Waals surface area contributed by atoms with Crippen LogP contribution in [0.4, 0.5) is 8.78 Å². The molecule has 2 rings (SSSR count). The fraction of sp³-hybridized carbons (Fsp3) is 0.625. The summed E-state index contributed by atoms with van der Waals surface area (Å²) in [6.07, 6.45) is -0.109. The Morgan fingerprint density at radius 3 is 2.52 bits per heavy atom. The van der Waals surface area contributed by atoms with Crippen LogP contribution in [0, 0.1) is 11.6 Å². The second-order valence-corrected chi connectivity index (χ2v) is 5.74. The Hall–Kier alpha value is -1.04. The fourth-order valence-corrected chi connectivity index (χ4v) is 2.81. The highest BCUT2D eigenvalue weighted by atomic mass is 19.1. The van der Waals surface area contributed by atoms with Crippen molar-refractivity contribution in [2.75, 3.05) is 26.2 Å². The summed E-state index contributed by atoms with van der Waals surface area (Å²) in [6.45, 7) is 9.27. The molecule has 1 heterocycles. The van der Waals surface area contributed by atoms with Gasteiger partial charge in [0.2, 0.25) is 0 Å². The zero-order valence-corrected chi connectivity index (χ0v) is 12.9. The van der Waals surface area contributed by atoms with Gasteiger partial charge in [-0.3, -0.25) is 4.90 Å². The molecule has 5 heteroatoms. The molecular formula is C16H24F2N2O. The highest BCUT2D eigenvalue weighted by molar-refractivity contribution is 5.23. The van der Waals surface area contributed by atoms with Crippen LogP contribution in [0.2, 0.25) is 0 Å². The van der Waals surface area contributed by atoms with Gasteiger partial charge >= 0.3 is 0 Å². The monoisotopic (exact) mass is 298 g/mol. The Kier molecular flexibility index (Phi) is 5.67. The number of benzene rings is 1. The lowest BCUT2D eigenvalue weighted by Crippen LogP contribution is -2.50. The maximum absolute atomic E-state index is 13.5. The summed E-state index contributed by atoms with van der Waals surface area (Å²) >= 11 is 0. The molecule has 1 aromatic carbocycles. The number of halogens is 2. The summed E-state index contributed by atoms with van der Waals surface area (Å²) in [7, 11) is 0. The molecule has 1 saturated heterocycles. The first kappa shape index (κ1) is 16.3. The molecule has 21 heavy (non-hydrogen) atoms. The van der Waals surface area contributed by atoms with Crippen LogP contribution in [0.25, 0.3) is 0 Å². The van der Waals surface area contributed by atoms with E-state index < -0.39 is 11.6 Å². The maximum Gasteiger partial charge on any atom is 0.126 e. The third kappa shape index (κ3) is 4.22. The van der Waals surface area contributed by atoms with Crippen molar-refractivity contribution in [2.45, 2.75) is 39.0 Å². The molecule has 3 nitrogen and oxygen atoms in total. The first-order valence-corrected chi connectivity index (χ1v) is 7.56. The standard InChI is InChI=1S/C16H24F2N2O/c1-4-19-16(12-7-13(17)9-14(18)8-12)15-10-20(11(2)3)5-6-21-15/h7-9,11,15-16,19H,4-6,10H2,1-3H3. The van der Waals surface area contributed by atoms with E-state index in [0.29, 0.717) is 24.8 Å². The van der Waals surface area contributed by atoms with Gasteiger partial charge in [0.25, 0.3) is 0 Å². The molecule has 1 aromatic rings. The van der Waals surface area contributed by atoms with Crippen molar-refractivity contribution in [3.8, 4) is 0 Å². The predicted molar refractivity (Wildman–Crippen MR) is 79.2 cm³/mol. The van der Waals surface area contributed by atoms with Gasteiger partial charge in [0.15, 0.2) is 0 Å². The van der Waals surface area contributed by atoms with Crippen LogP contribution < -0.4 is 5.32 Å². The van der Waals surface area contributed by atoms with Crippen molar-refractivity contribution in [1.82, 2.24) is 10.2 Å². The summed E-state index contributed by atoms with van der Waals surface area (Å²) in [4.78, 5) is 2.33. The number of nitrogens with zero attached hydrogens (tertiary/aromatic N) is 1. The highest BCUT2D eigenvalue weighted by Crippen LogP contribution is 2.25. The Morgan fingerprint density at radius 2 is 1.95 bits per heavy atom. The molecule has 0 bridgehead atoms. The molecule has 0 aliphatic carbocycles. The SMILES string of the molecule is CCNC(c1cc(F)cc(F)c1)C1CN(C(C)C)CCO1. The van der Waals surface area contributed by atoms with Crippen LogP contribution >= 0.6 is 0 Å². The van der Waals surface area contributed by atoms with Crippen molar-refractivity contribution in [3.05, 3.63) is 35.4 Å². The summed E-state index contributed by atoms with van der Waals surface area (Å²) in [5.41, 5.74) is 0.602. The minimum Gasteiger partial charge on any atom is -0.374 e. The Labute approximate surface area is 125 Å². The number of nitrogens with one attached hydrogen (secondary N) is 1. The van der Waals surface area contributed by atoms with E-state index in [1.54, 1.807) is 0 Å². The van der Waals surface area contributed by atoms with Gasteiger partial charge in [-0.05, 0) is 38.1 Å². The number of rotatable bonds is 5. The molecule has 0 amide bonds. The third-order valence-electron chi connectivity index (χ3n) is 3.90. The molecule has 0 saturated carbocycles. The summed E-state index contributed by atoms with van der Waals surface area (Å²) in [6, 6.07) is 3.89. The Balaban J connectivity index is 2.21. The van der Waals surface area contributed by atoms with E-state index in [-0.39, 0.29) is 12.1 Å². The Bertz CT molecular complexity index is 447.